The van der Waals surface area contributed by atoms with Crippen LogP contribution < -0.4 is 9.80 Å². The van der Waals surface area contributed by atoms with Crippen LogP contribution in [0.15, 0.2) is 84.9 Å². The van der Waals surface area contributed by atoms with E-state index in [9.17, 15) is 0 Å². The molecule has 4 aromatic rings. The van der Waals surface area contributed by atoms with Gasteiger partial charge in [-0.3, -0.25) is 0 Å². The van der Waals surface area contributed by atoms with E-state index in [-0.39, 0.29) is 0 Å². The van der Waals surface area contributed by atoms with E-state index in [1.165, 1.54) is 55.5 Å². The lowest BCUT2D eigenvalue weighted by atomic mass is 9.95. The van der Waals surface area contributed by atoms with E-state index in [4.69, 9.17) is 0 Å². The molecular weight excluding hydrogens is 412 g/mol. The van der Waals surface area contributed by atoms with E-state index in [1.54, 1.807) is 0 Å². The molecule has 0 unspecified atom stereocenters. The van der Waals surface area contributed by atoms with Crippen molar-refractivity contribution in [3.05, 3.63) is 107 Å². The minimum Gasteiger partial charge on any atom is -0.372 e. The number of rotatable bonds is 8. The number of hydrogen-bond donors (Lipinski definition) is 0. The summed E-state index contributed by atoms with van der Waals surface area (Å²) in [5, 5.41) is 2.62. The highest BCUT2D eigenvalue weighted by molar-refractivity contribution is 6.18. The van der Waals surface area contributed by atoms with Crippen LogP contribution in [0.5, 0.6) is 0 Å². The molecule has 0 amide bonds. The molecule has 0 spiro atoms. The Morgan fingerprint density at radius 1 is 0.529 bits per heavy atom. The van der Waals surface area contributed by atoms with Gasteiger partial charge in [0.25, 0.3) is 0 Å². The quantitative estimate of drug-likeness (QED) is 0.239. The fourth-order valence-corrected chi connectivity index (χ4v) is 5.18. The Bertz CT molecular complexity index is 1220. The first-order valence-corrected chi connectivity index (χ1v) is 12.7. The largest absolute Gasteiger partial charge is 0.372 e. The Labute approximate surface area is 204 Å². The Morgan fingerprint density at radius 2 is 0.912 bits per heavy atom. The van der Waals surface area contributed by atoms with Gasteiger partial charge in [-0.05, 0) is 108 Å². The van der Waals surface area contributed by atoms with Crippen LogP contribution in [0.1, 0.15) is 49.9 Å². The second-order valence-corrected chi connectivity index (χ2v) is 8.93. The fraction of sp³-hybridized carbons (Fsp3) is 0.250. The molecule has 0 fully saturated rings. The second kappa shape index (κ2) is 9.38. The van der Waals surface area contributed by atoms with Gasteiger partial charge < -0.3 is 9.80 Å². The van der Waals surface area contributed by atoms with Crippen molar-refractivity contribution in [2.75, 3.05) is 36.0 Å². The lowest BCUT2D eigenvalue weighted by Gasteiger charge is -2.22. The minimum absolute atomic E-state index is 1.02. The molecule has 1 aliphatic carbocycles. The molecule has 1 aliphatic rings. The summed E-state index contributed by atoms with van der Waals surface area (Å²) in [4.78, 5) is 4.79. The number of nitrogens with zero attached hydrogens (tertiary/aromatic N) is 2. The van der Waals surface area contributed by atoms with Gasteiger partial charge in [-0.25, -0.2) is 0 Å². The molecule has 5 rings (SSSR count). The Kier molecular flexibility index (Phi) is 6.15. The van der Waals surface area contributed by atoms with Crippen LogP contribution in [-0.2, 0) is 0 Å². The van der Waals surface area contributed by atoms with E-state index in [1.807, 2.05) is 0 Å². The van der Waals surface area contributed by atoms with Crippen molar-refractivity contribution in [3.63, 3.8) is 0 Å². The van der Waals surface area contributed by atoms with Gasteiger partial charge in [0.05, 0.1) is 0 Å². The summed E-state index contributed by atoms with van der Waals surface area (Å²) in [6.07, 6.45) is 0. The molecule has 0 heterocycles. The molecule has 0 saturated heterocycles. The second-order valence-electron chi connectivity index (χ2n) is 8.93. The monoisotopic (exact) mass is 446 g/mol. The van der Waals surface area contributed by atoms with Crippen molar-refractivity contribution < 1.29 is 0 Å². The van der Waals surface area contributed by atoms with Gasteiger partial charge in [0, 0.05) is 37.6 Å². The molecule has 0 radical (unpaired) electrons. The van der Waals surface area contributed by atoms with Gasteiger partial charge in [0.15, 0.2) is 0 Å². The maximum Gasteiger partial charge on any atom is 0.0366 e. The first-order chi connectivity index (χ1) is 16.7. The zero-order valence-electron chi connectivity index (χ0n) is 20.8. The third-order valence-corrected chi connectivity index (χ3v) is 7.18. The zero-order valence-corrected chi connectivity index (χ0v) is 20.8. The van der Waals surface area contributed by atoms with Crippen LogP contribution in [-0.4, -0.2) is 26.2 Å². The van der Waals surface area contributed by atoms with Gasteiger partial charge in [0.1, 0.15) is 0 Å². The zero-order chi connectivity index (χ0) is 23.7. The maximum atomic E-state index is 2.40. The summed E-state index contributed by atoms with van der Waals surface area (Å²) in [5.41, 5.74) is 10.6. The van der Waals surface area contributed by atoms with Crippen LogP contribution in [0.4, 0.5) is 11.4 Å². The van der Waals surface area contributed by atoms with E-state index >= 15 is 0 Å². The molecular formula is C32H34N2. The number of fused-ring (bicyclic) bond motifs is 2. The molecule has 0 N–H and O–H groups in total. The average Bonchev–Trinajstić information content (AvgIpc) is 3.58. The smallest absolute Gasteiger partial charge is 0.0366 e. The van der Waals surface area contributed by atoms with Gasteiger partial charge in [-0.1, -0.05) is 48.5 Å². The molecule has 2 nitrogen and oxygen atoms in total. The predicted molar refractivity (Wildman–Crippen MR) is 149 cm³/mol. The van der Waals surface area contributed by atoms with Crippen LogP contribution in [0.2, 0.25) is 0 Å². The van der Waals surface area contributed by atoms with Gasteiger partial charge in [0.2, 0.25) is 0 Å². The summed E-state index contributed by atoms with van der Waals surface area (Å²) in [6, 6.07) is 31.7. The number of hydrogen-bond acceptors (Lipinski definition) is 2. The fourth-order valence-electron chi connectivity index (χ4n) is 5.18. The van der Waals surface area contributed by atoms with E-state index in [0.29, 0.717) is 0 Å². The topological polar surface area (TPSA) is 6.48 Å². The van der Waals surface area contributed by atoms with Gasteiger partial charge >= 0.3 is 0 Å². The third kappa shape index (κ3) is 3.98. The van der Waals surface area contributed by atoms with Crippen molar-refractivity contribution >= 4 is 33.3 Å². The molecule has 0 aliphatic heterocycles. The molecule has 2 heteroatoms. The first kappa shape index (κ1) is 22.3. The molecule has 172 valence electrons. The summed E-state index contributed by atoms with van der Waals surface area (Å²) in [7, 11) is 0. The third-order valence-electron chi connectivity index (χ3n) is 7.18. The van der Waals surface area contributed by atoms with Crippen molar-refractivity contribution in [1.29, 1.82) is 0 Å². The highest BCUT2D eigenvalue weighted by Gasteiger charge is 2.30. The summed E-state index contributed by atoms with van der Waals surface area (Å²) >= 11 is 0. The standard InChI is InChI=1S/C32H34N2/c1-5-33(6-2)27-17-13-23(14-18-27)31(24-15-19-28(20-16-24)34(7-3)8-4)32-29-21-25-11-9-10-12-26(25)22-30(29)32/h9-22H,5-8H2,1-4H3. The number of anilines is 2. The SMILES string of the molecule is CCN(CC)c1ccc(C(=C2c3cc4ccccc4cc32)c2ccc(N(CC)CC)cc2)cc1. The van der Waals surface area contributed by atoms with Crippen molar-refractivity contribution in [1.82, 2.24) is 0 Å². The van der Waals surface area contributed by atoms with Crippen molar-refractivity contribution in [3.8, 4) is 0 Å². The van der Waals surface area contributed by atoms with Crippen LogP contribution in [0, 0.1) is 0 Å². The molecule has 0 aromatic heterocycles. The number of benzene rings is 4. The Hall–Kier alpha value is -3.52. The summed E-state index contributed by atoms with van der Waals surface area (Å²) < 4.78 is 0. The minimum atomic E-state index is 1.02. The molecule has 0 atom stereocenters. The van der Waals surface area contributed by atoms with Crippen molar-refractivity contribution in [2.24, 2.45) is 0 Å². The van der Waals surface area contributed by atoms with Gasteiger partial charge in [-0.2, -0.15) is 0 Å². The highest BCUT2D eigenvalue weighted by atomic mass is 15.1. The molecule has 4 aromatic carbocycles. The van der Waals surface area contributed by atoms with Crippen molar-refractivity contribution in [2.45, 2.75) is 27.7 Å². The summed E-state index contributed by atoms with van der Waals surface area (Å²) in [6.45, 7) is 13.0. The van der Waals surface area contributed by atoms with E-state index in [0.717, 1.165) is 26.2 Å². The molecule has 0 saturated carbocycles. The lowest BCUT2D eigenvalue weighted by molar-refractivity contribution is 0.866. The van der Waals surface area contributed by atoms with Crippen LogP contribution in [0.25, 0.3) is 21.9 Å². The van der Waals surface area contributed by atoms with Gasteiger partial charge in [-0.15, -0.1) is 0 Å². The lowest BCUT2D eigenvalue weighted by Crippen LogP contribution is -2.21. The average molecular weight is 447 g/mol. The summed E-state index contributed by atoms with van der Waals surface area (Å²) in [5.74, 6) is 0. The predicted octanol–water partition coefficient (Wildman–Crippen LogP) is 7.85. The molecule has 0 bridgehead atoms. The van der Waals surface area contributed by atoms with E-state index < -0.39 is 0 Å². The Balaban J connectivity index is 1.62. The highest BCUT2D eigenvalue weighted by Crippen LogP contribution is 2.51. The normalized spacial score (nSPS) is 11.9. The van der Waals surface area contributed by atoms with Crippen LogP contribution in [0.3, 0.4) is 0 Å². The first-order valence-electron chi connectivity index (χ1n) is 12.7. The van der Waals surface area contributed by atoms with Crippen LogP contribution >= 0.6 is 0 Å². The molecule has 34 heavy (non-hydrogen) atoms. The van der Waals surface area contributed by atoms with E-state index in [2.05, 4.69) is 122 Å². The maximum absolute atomic E-state index is 2.40. The Morgan fingerprint density at radius 3 is 1.26 bits per heavy atom.